The van der Waals surface area contributed by atoms with Gasteiger partial charge in [-0.3, -0.25) is 0 Å². The minimum atomic E-state index is -3.03. The number of rotatable bonds is 8. The van der Waals surface area contributed by atoms with Crippen molar-refractivity contribution in [2.75, 3.05) is 46.8 Å². The number of hydrogen-bond donors (Lipinski definition) is 2. The lowest BCUT2D eigenvalue weighted by atomic mass is 9.88. The number of alkyl halides is 1. The summed E-state index contributed by atoms with van der Waals surface area (Å²) >= 11 is 0. The number of aliphatic hydroxyl groups excluding tert-OH is 1. The van der Waals surface area contributed by atoms with Gasteiger partial charge in [-0.25, -0.2) is 22.8 Å². The number of anilines is 4. The summed E-state index contributed by atoms with van der Waals surface area (Å²) in [5.41, 5.74) is 0.561. The first-order chi connectivity index (χ1) is 18.9. The number of aliphatic hydroxyl groups is 1. The number of pyridine rings is 1. The van der Waals surface area contributed by atoms with Crippen LogP contribution in [0, 0.1) is 5.92 Å². The molecule has 2 aromatic heterocycles. The van der Waals surface area contributed by atoms with Crippen LogP contribution in [0.4, 0.5) is 27.7 Å². The number of nitrogens with one attached hydrogen (secondary N) is 1. The number of benzene rings is 1. The molecule has 3 aromatic rings. The van der Waals surface area contributed by atoms with E-state index in [9.17, 15) is 13.5 Å². The van der Waals surface area contributed by atoms with Crippen molar-refractivity contribution in [2.45, 2.75) is 64.3 Å². The van der Waals surface area contributed by atoms with E-state index in [1.807, 2.05) is 12.3 Å². The van der Waals surface area contributed by atoms with E-state index in [0.29, 0.717) is 43.0 Å². The van der Waals surface area contributed by atoms with Crippen LogP contribution in [0.25, 0.3) is 10.8 Å². The summed E-state index contributed by atoms with van der Waals surface area (Å²) in [4.78, 5) is 17.7. The number of nitrogens with zero attached hydrogens (tertiary/aromatic N) is 5. The molecule has 4 atom stereocenters. The summed E-state index contributed by atoms with van der Waals surface area (Å²) < 4.78 is 38.8. The molecule has 0 spiro atoms. The van der Waals surface area contributed by atoms with Crippen molar-refractivity contribution in [3.05, 3.63) is 42.2 Å². The minimum absolute atomic E-state index is 0.0445. The van der Waals surface area contributed by atoms with Gasteiger partial charge in [0.05, 0.1) is 18.4 Å². The number of aromatic nitrogens is 3. The highest BCUT2D eigenvalue weighted by atomic mass is 32.2. The van der Waals surface area contributed by atoms with E-state index in [1.165, 1.54) is 11.8 Å². The Morgan fingerprint density at radius 1 is 1.20 bits per heavy atom. The molecular formula is C29H39FN6O3S. The van der Waals surface area contributed by atoms with Gasteiger partial charge < -0.3 is 20.2 Å². The minimum Gasteiger partial charge on any atom is -0.390 e. The first kappa shape index (κ1) is 28.5. The standard InChI is InChI=1S/C29H39FN6O3S/c1-6-29(30)17-35(12-10-25(29)37)28-31-11-9-26(34-28)33-27-13-22-21(18(2)3)7-8-24(23(22)14-32-27)36-15-20(19(36)4)16-40(5,38)39/h7-9,11,13-14,18-20,25,37H,6,10,12,15-17H2,1-5H3,(H,31,32,33,34)/t19-,20-,25?,29-/m1/s1. The van der Waals surface area contributed by atoms with Crippen LogP contribution in [0.2, 0.25) is 0 Å². The average molecular weight is 571 g/mol. The normalized spacial score (nSPS) is 25.4. The van der Waals surface area contributed by atoms with E-state index < -0.39 is 21.6 Å². The molecule has 2 N–H and O–H groups in total. The number of halogens is 1. The van der Waals surface area contributed by atoms with Gasteiger partial charge in [0.2, 0.25) is 5.95 Å². The maximum absolute atomic E-state index is 15.2. The van der Waals surface area contributed by atoms with Crippen molar-refractivity contribution in [3.8, 4) is 0 Å². The fourth-order valence-electron chi connectivity index (χ4n) is 5.91. The summed E-state index contributed by atoms with van der Waals surface area (Å²) in [6, 6.07) is 8.15. The molecule has 2 aliphatic heterocycles. The lowest BCUT2D eigenvalue weighted by Crippen LogP contribution is -2.57. The van der Waals surface area contributed by atoms with Gasteiger partial charge >= 0.3 is 0 Å². The monoisotopic (exact) mass is 570 g/mol. The van der Waals surface area contributed by atoms with Crippen LogP contribution in [0.5, 0.6) is 0 Å². The van der Waals surface area contributed by atoms with E-state index in [1.54, 1.807) is 24.1 Å². The van der Waals surface area contributed by atoms with Crippen molar-refractivity contribution in [1.82, 2.24) is 15.0 Å². The second kappa shape index (κ2) is 10.7. The van der Waals surface area contributed by atoms with Crippen molar-refractivity contribution in [2.24, 2.45) is 5.92 Å². The number of piperidine rings is 1. The Labute approximate surface area is 235 Å². The lowest BCUT2D eigenvalue weighted by Gasteiger charge is -2.48. The third kappa shape index (κ3) is 5.58. The molecule has 0 aliphatic carbocycles. The second-order valence-corrected chi connectivity index (χ2v) is 13.9. The molecule has 40 heavy (non-hydrogen) atoms. The first-order valence-electron chi connectivity index (χ1n) is 14.0. The van der Waals surface area contributed by atoms with Crippen LogP contribution in [0.1, 0.15) is 52.0 Å². The van der Waals surface area contributed by atoms with Gasteiger partial charge in [0.1, 0.15) is 21.5 Å². The van der Waals surface area contributed by atoms with E-state index >= 15 is 4.39 Å². The molecule has 11 heteroatoms. The maximum Gasteiger partial charge on any atom is 0.227 e. The highest BCUT2D eigenvalue weighted by Crippen LogP contribution is 2.39. The molecule has 9 nitrogen and oxygen atoms in total. The predicted molar refractivity (Wildman–Crippen MR) is 158 cm³/mol. The molecule has 1 aromatic carbocycles. The number of sulfone groups is 1. The molecule has 0 saturated carbocycles. The third-order valence-electron chi connectivity index (χ3n) is 8.46. The Morgan fingerprint density at radius 2 is 1.98 bits per heavy atom. The molecule has 0 bridgehead atoms. The van der Waals surface area contributed by atoms with Crippen molar-refractivity contribution < 1.29 is 17.9 Å². The van der Waals surface area contributed by atoms with Gasteiger partial charge in [-0.2, -0.15) is 4.98 Å². The summed E-state index contributed by atoms with van der Waals surface area (Å²) in [7, 11) is -3.03. The zero-order valence-corrected chi connectivity index (χ0v) is 24.6. The molecule has 2 fully saturated rings. The lowest BCUT2D eigenvalue weighted by molar-refractivity contribution is -0.0238. The van der Waals surface area contributed by atoms with Gasteiger partial charge in [0.15, 0.2) is 5.67 Å². The second-order valence-electron chi connectivity index (χ2n) is 11.7. The Balaban J connectivity index is 1.41. The van der Waals surface area contributed by atoms with E-state index in [4.69, 9.17) is 4.98 Å². The third-order valence-corrected chi connectivity index (χ3v) is 9.49. The zero-order valence-electron chi connectivity index (χ0n) is 23.8. The Bertz CT molecular complexity index is 1500. The fraction of sp³-hybridized carbons (Fsp3) is 0.552. The van der Waals surface area contributed by atoms with E-state index in [2.05, 4.69) is 53.1 Å². The Hall–Kier alpha value is -3.05. The van der Waals surface area contributed by atoms with Crippen LogP contribution in [0.3, 0.4) is 0 Å². The fourth-order valence-corrected chi connectivity index (χ4v) is 7.08. The first-order valence-corrected chi connectivity index (χ1v) is 16.0. The topological polar surface area (TPSA) is 112 Å². The van der Waals surface area contributed by atoms with Gasteiger partial charge in [0.25, 0.3) is 0 Å². The molecular weight excluding hydrogens is 531 g/mol. The van der Waals surface area contributed by atoms with Crippen LogP contribution in [0.15, 0.2) is 36.7 Å². The molecule has 0 amide bonds. The highest BCUT2D eigenvalue weighted by Gasteiger charge is 2.42. The number of hydrogen-bond acceptors (Lipinski definition) is 9. The predicted octanol–water partition coefficient (Wildman–Crippen LogP) is 4.45. The summed E-state index contributed by atoms with van der Waals surface area (Å²) in [5, 5.41) is 15.5. The Morgan fingerprint density at radius 3 is 2.65 bits per heavy atom. The molecule has 5 rings (SSSR count). The van der Waals surface area contributed by atoms with Crippen LogP contribution < -0.4 is 15.1 Å². The quantitative estimate of drug-likeness (QED) is 0.406. The van der Waals surface area contributed by atoms with E-state index in [-0.39, 0.29) is 30.7 Å². The van der Waals surface area contributed by atoms with Crippen LogP contribution >= 0.6 is 0 Å². The van der Waals surface area contributed by atoms with Crippen molar-refractivity contribution in [3.63, 3.8) is 0 Å². The number of fused-ring (bicyclic) bond motifs is 1. The highest BCUT2D eigenvalue weighted by molar-refractivity contribution is 7.90. The molecule has 1 unspecified atom stereocenters. The Kier molecular flexibility index (Phi) is 7.64. The van der Waals surface area contributed by atoms with E-state index in [0.717, 1.165) is 16.5 Å². The maximum atomic E-state index is 15.2. The molecule has 2 aliphatic rings. The SMILES string of the molecule is CC[C@@]1(F)CN(c2nccc(Nc3cc4c(C(C)C)ccc(N5C[C@H](CS(C)(=O)=O)[C@H]5C)c4cn3)n2)CCC1O. The van der Waals surface area contributed by atoms with Gasteiger partial charge in [-0.15, -0.1) is 0 Å². The van der Waals surface area contributed by atoms with Crippen LogP contribution in [-0.4, -0.2) is 77.9 Å². The summed E-state index contributed by atoms with van der Waals surface area (Å²) in [5.74, 6) is 2.19. The van der Waals surface area contributed by atoms with Crippen molar-refractivity contribution in [1.29, 1.82) is 0 Å². The van der Waals surface area contributed by atoms with Gasteiger partial charge in [0, 0.05) is 54.8 Å². The molecule has 4 heterocycles. The summed E-state index contributed by atoms with van der Waals surface area (Å²) in [6.45, 7) is 9.35. The molecule has 2 saturated heterocycles. The van der Waals surface area contributed by atoms with Crippen LogP contribution in [-0.2, 0) is 9.84 Å². The molecule has 0 radical (unpaired) electrons. The average Bonchev–Trinajstić information content (AvgIpc) is 2.91. The van der Waals surface area contributed by atoms with Crippen molar-refractivity contribution >= 4 is 43.9 Å². The molecule has 216 valence electrons. The summed E-state index contributed by atoms with van der Waals surface area (Å²) in [6.07, 6.45) is 4.36. The van der Waals surface area contributed by atoms with Gasteiger partial charge in [-0.05, 0) is 54.8 Å². The van der Waals surface area contributed by atoms with Gasteiger partial charge in [-0.1, -0.05) is 26.8 Å². The zero-order chi connectivity index (χ0) is 28.8. The largest absolute Gasteiger partial charge is 0.390 e. The smallest absolute Gasteiger partial charge is 0.227 e.